The number of aliphatic hydroxyl groups is 1. The molecular formula is C26H31N3O3. The number of rotatable bonds is 7. The third-order valence-electron chi connectivity index (χ3n) is 6.25. The Morgan fingerprint density at radius 1 is 1.12 bits per heavy atom. The van der Waals surface area contributed by atoms with Crippen LogP contribution in [0.2, 0.25) is 0 Å². The number of para-hydroxylation sites is 1. The van der Waals surface area contributed by atoms with Gasteiger partial charge in [0.2, 0.25) is 12.1 Å². The minimum atomic E-state index is -1.06. The first-order valence-corrected chi connectivity index (χ1v) is 11.4. The molecule has 0 bridgehead atoms. The Kier molecular flexibility index (Phi) is 6.42. The van der Waals surface area contributed by atoms with Crippen LogP contribution in [0.5, 0.6) is 0 Å². The number of fused-ring (bicyclic) bond motifs is 1. The van der Waals surface area contributed by atoms with Gasteiger partial charge in [0.05, 0.1) is 23.4 Å². The van der Waals surface area contributed by atoms with E-state index < -0.39 is 18.2 Å². The van der Waals surface area contributed by atoms with E-state index in [1.54, 1.807) is 11.9 Å². The third kappa shape index (κ3) is 4.60. The van der Waals surface area contributed by atoms with Crippen molar-refractivity contribution in [3.63, 3.8) is 0 Å². The summed E-state index contributed by atoms with van der Waals surface area (Å²) >= 11 is 0. The van der Waals surface area contributed by atoms with E-state index in [0.29, 0.717) is 12.1 Å². The number of carbonyl (C=O) groups is 2. The standard InChI is InChI=1S/C26H31N3O3/c1-16(2)15-20(23(30)18-13-14-18)25(31)28-24-26(32)29(3)21-12-8-7-11-19(21)22(27-24)17-9-5-4-6-10-17/h4-12,16,18,20,23-24,30H,13-15H2,1-3H3,(H,28,31). The van der Waals surface area contributed by atoms with Gasteiger partial charge in [-0.3, -0.25) is 9.59 Å². The molecule has 1 fully saturated rings. The van der Waals surface area contributed by atoms with Gasteiger partial charge in [0.15, 0.2) is 0 Å². The number of aliphatic imine (C=N–C) groups is 1. The van der Waals surface area contributed by atoms with Crippen molar-refractivity contribution in [2.45, 2.75) is 45.4 Å². The minimum Gasteiger partial charge on any atom is -0.392 e. The van der Waals surface area contributed by atoms with E-state index in [1.807, 2.05) is 68.4 Å². The maximum absolute atomic E-state index is 13.3. The Hall–Kier alpha value is -2.99. The zero-order valence-corrected chi connectivity index (χ0v) is 18.9. The van der Waals surface area contributed by atoms with Crippen molar-refractivity contribution in [2.75, 3.05) is 11.9 Å². The normalized spacial score (nSPS) is 20.3. The smallest absolute Gasteiger partial charge is 0.272 e. The van der Waals surface area contributed by atoms with Gasteiger partial charge < -0.3 is 15.3 Å². The number of aliphatic hydroxyl groups excluding tert-OH is 1. The number of hydrogen-bond donors (Lipinski definition) is 2. The van der Waals surface area contributed by atoms with Crippen LogP contribution in [0.3, 0.4) is 0 Å². The molecule has 32 heavy (non-hydrogen) atoms. The molecule has 3 unspecified atom stereocenters. The van der Waals surface area contributed by atoms with Crippen LogP contribution in [0.15, 0.2) is 59.6 Å². The Balaban J connectivity index is 1.69. The van der Waals surface area contributed by atoms with Crippen LogP contribution in [0.4, 0.5) is 5.69 Å². The lowest BCUT2D eigenvalue weighted by molar-refractivity contribution is -0.133. The highest BCUT2D eigenvalue weighted by Gasteiger charge is 2.40. The van der Waals surface area contributed by atoms with Gasteiger partial charge >= 0.3 is 0 Å². The zero-order valence-electron chi connectivity index (χ0n) is 18.9. The summed E-state index contributed by atoms with van der Waals surface area (Å²) in [6.07, 6.45) is 0.705. The summed E-state index contributed by atoms with van der Waals surface area (Å²) in [4.78, 5) is 32.9. The average Bonchev–Trinajstić information content (AvgIpc) is 3.65. The molecule has 168 valence electrons. The monoisotopic (exact) mass is 433 g/mol. The molecule has 0 saturated heterocycles. The molecule has 2 aromatic rings. The second kappa shape index (κ2) is 9.25. The van der Waals surface area contributed by atoms with E-state index in [-0.39, 0.29) is 23.7 Å². The summed E-state index contributed by atoms with van der Waals surface area (Å²) in [5.41, 5.74) is 3.11. The van der Waals surface area contributed by atoms with Gasteiger partial charge in [-0.05, 0) is 37.2 Å². The van der Waals surface area contributed by atoms with Crippen molar-refractivity contribution in [3.05, 3.63) is 65.7 Å². The van der Waals surface area contributed by atoms with E-state index >= 15 is 0 Å². The van der Waals surface area contributed by atoms with Crippen molar-refractivity contribution in [2.24, 2.45) is 22.7 Å². The second-order valence-electron chi connectivity index (χ2n) is 9.23. The molecule has 1 aliphatic carbocycles. The van der Waals surface area contributed by atoms with Gasteiger partial charge in [0.1, 0.15) is 0 Å². The molecule has 0 radical (unpaired) electrons. The van der Waals surface area contributed by atoms with Crippen LogP contribution in [-0.2, 0) is 9.59 Å². The molecule has 3 atom stereocenters. The third-order valence-corrected chi connectivity index (χ3v) is 6.25. The number of likely N-dealkylation sites (N-methyl/N-ethyl adjacent to an activating group) is 1. The summed E-state index contributed by atoms with van der Waals surface area (Å²) in [6, 6.07) is 17.3. The van der Waals surface area contributed by atoms with Crippen LogP contribution in [0.25, 0.3) is 0 Å². The molecule has 1 heterocycles. The Bertz CT molecular complexity index is 1010. The van der Waals surface area contributed by atoms with Crippen molar-refractivity contribution in [3.8, 4) is 0 Å². The quantitative estimate of drug-likeness (QED) is 0.702. The second-order valence-corrected chi connectivity index (χ2v) is 9.23. The summed E-state index contributed by atoms with van der Waals surface area (Å²) in [5.74, 6) is -0.751. The molecule has 2 amide bonds. The molecule has 1 saturated carbocycles. The Labute approximate surface area is 189 Å². The van der Waals surface area contributed by atoms with Gasteiger partial charge in [-0.1, -0.05) is 62.4 Å². The first-order valence-electron chi connectivity index (χ1n) is 11.4. The maximum Gasteiger partial charge on any atom is 0.272 e. The summed E-state index contributed by atoms with van der Waals surface area (Å²) in [7, 11) is 1.70. The number of nitrogens with one attached hydrogen (secondary N) is 1. The molecule has 1 aliphatic heterocycles. The van der Waals surface area contributed by atoms with Crippen molar-refractivity contribution >= 4 is 23.2 Å². The molecule has 0 aromatic heterocycles. The van der Waals surface area contributed by atoms with Crippen molar-refractivity contribution < 1.29 is 14.7 Å². The fraction of sp³-hybridized carbons (Fsp3) is 0.423. The molecule has 4 rings (SSSR count). The van der Waals surface area contributed by atoms with E-state index in [0.717, 1.165) is 29.7 Å². The number of amides is 2. The minimum absolute atomic E-state index is 0.171. The Morgan fingerprint density at radius 3 is 2.44 bits per heavy atom. The van der Waals surface area contributed by atoms with Gasteiger partial charge in [-0.2, -0.15) is 0 Å². The average molecular weight is 434 g/mol. The van der Waals surface area contributed by atoms with Gasteiger partial charge in [-0.15, -0.1) is 0 Å². The fourth-order valence-electron chi connectivity index (χ4n) is 4.36. The van der Waals surface area contributed by atoms with Crippen LogP contribution in [0.1, 0.15) is 44.2 Å². The number of carbonyl (C=O) groups excluding carboxylic acids is 2. The summed E-state index contributed by atoms with van der Waals surface area (Å²) in [6.45, 7) is 4.07. The molecule has 6 nitrogen and oxygen atoms in total. The number of hydrogen-bond acceptors (Lipinski definition) is 4. The van der Waals surface area contributed by atoms with Crippen molar-refractivity contribution in [1.82, 2.24) is 5.32 Å². The molecule has 2 aromatic carbocycles. The fourth-order valence-corrected chi connectivity index (χ4v) is 4.36. The highest BCUT2D eigenvalue weighted by atomic mass is 16.3. The highest BCUT2D eigenvalue weighted by Crippen LogP contribution is 2.37. The molecule has 0 spiro atoms. The zero-order chi connectivity index (χ0) is 22.8. The lowest BCUT2D eigenvalue weighted by Gasteiger charge is -2.26. The van der Waals surface area contributed by atoms with Gasteiger partial charge in [0.25, 0.3) is 5.91 Å². The number of anilines is 1. The summed E-state index contributed by atoms with van der Waals surface area (Å²) in [5, 5.41) is 13.6. The topological polar surface area (TPSA) is 82.0 Å². The van der Waals surface area contributed by atoms with Crippen molar-refractivity contribution in [1.29, 1.82) is 0 Å². The van der Waals surface area contributed by atoms with Crippen LogP contribution < -0.4 is 10.2 Å². The molecule has 6 heteroatoms. The van der Waals surface area contributed by atoms with Gasteiger partial charge in [0, 0.05) is 18.2 Å². The molecule has 2 aliphatic rings. The van der Waals surface area contributed by atoms with E-state index in [1.165, 1.54) is 0 Å². The maximum atomic E-state index is 13.3. The SMILES string of the molecule is CC(C)CC(C(=O)NC1N=C(c2ccccc2)c2ccccc2N(C)C1=O)C(O)C1CC1. The van der Waals surface area contributed by atoms with Crippen LogP contribution in [-0.4, -0.2) is 41.9 Å². The lowest BCUT2D eigenvalue weighted by Crippen LogP contribution is -2.50. The first-order chi connectivity index (χ1) is 15.4. The number of benzene rings is 2. The van der Waals surface area contributed by atoms with E-state index in [2.05, 4.69) is 5.32 Å². The number of nitrogens with zero attached hydrogens (tertiary/aromatic N) is 2. The van der Waals surface area contributed by atoms with E-state index in [4.69, 9.17) is 4.99 Å². The predicted octanol–water partition coefficient (Wildman–Crippen LogP) is 3.38. The van der Waals surface area contributed by atoms with Crippen LogP contribution >= 0.6 is 0 Å². The lowest BCUT2D eigenvalue weighted by atomic mass is 9.89. The molecule has 2 N–H and O–H groups in total. The highest BCUT2D eigenvalue weighted by molar-refractivity contribution is 6.20. The largest absolute Gasteiger partial charge is 0.392 e. The van der Waals surface area contributed by atoms with Crippen LogP contribution in [0, 0.1) is 17.8 Å². The molecular weight excluding hydrogens is 402 g/mol. The van der Waals surface area contributed by atoms with Gasteiger partial charge in [-0.25, -0.2) is 4.99 Å². The van der Waals surface area contributed by atoms with E-state index in [9.17, 15) is 14.7 Å². The summed E-state index contributed by atoms with van der Waals surface area (Å²) < 4.78 is 0. The predicted molar refractivity (Wildman–Crippen MR) is 126 cm³/mol. The first kappa shape index (κ1) is 22.2. The Morgan fingerprint density at radius 2 is 1.78 bits per heavy atom. The number of benzodiazepines with no additional fused rings is 1.